The normalized spacial score (nSPS) is 11.7. The summed E-state index contributed by atoms with van der Waals surface area (Å²) in [6.45, 7) is 5.03. The summed E-state index contributed by atoms with van der Waals surface area (Å²) < 4.78 is 15.3. The molecule has 0 fully saturated rings. The highest BCUT2D eigenvalue weighted by atomic mass is 16.5. The number of benzene rings is 1. The number of carbonyl (C=O) groups is 2. The fraction of sp³-hybridized carbons (Fsp3) is 0.353. The lowest BCUT2D eigenvalue weighted by atomic mass is 10.2. The van der Waals surface area contributed by atoms with E-state index in [1.807, 2.05) is 24.3 Å². The van der Waals surface area contributed by atoms with E-state index in [0.717, 1.165) is 5.56 Å². The molecule has 1 N–H and O–H groups in total. The zero-order valence-corrected chi connectivity index (χ0v) is 14.1. The number of hydrogen-bond donors (Lipinski definition) is 1. The van der Waals surface area contributed by atoms with Crippen molar-refractivity contribution < 1.29 is 23.6 Å². The van der Waals surface area contributed by atoms with Gasteiger partial charge in [-0.25, -0.2) is 4.79 Å². The van der Waals surface area contributed by atoms with E-state index in [0.29, 0.717) is 17.2 Å². The van der Waals surface area contributed by atoms with Crippen LogP contribution in [0, 0.1) is 13.8 Å². The van der Waals surface area contributed by atoms with Crippen LogP contribution in [0.5, 0.6) is 5.75 Å². The van der Waals surface area contributed by atoms with E-state index in [9.17, 15) is 9.59 Å². The summed E-state index contributed by atoms with van der Waals surface area (Å²) in [5, 5.41) is 6.41. The lowest BCUT2D eigenvalue weighted by molar-refractivity contribution is -0.129. The van der Waals surface area contributed by atoms with Crippen LogP contribution < -0.4 is 10.1 Å². The lowest BCUT2D eigenvalue weighted by Gasteiger charge is -2.14. The highest BCUT2D eigenvalue weighted by molar-refractivity contribution is 5.93. The summed E-state index contributed by atoms with van der Waals surface area (Å²) in [6, 6.07) is 7.35. The zero-order valence-electron chi connectivity index (χ0n) is 14.1. The Bertz CT molecular complexity index is 719. The van der Waals surface area contributed by atoms with E-state index in [2.05, 4.69) is 10.5 Å². The van der Waals surface area contributed by atoms with Crippen molar-refractivity contribution in [3.8, 4) is 5.75 Å². The van der Waals surface area contributed by atoms with Crippen molar-refractivity contribution in [3.05, 3.63) is 46.8 Å². The van der Waals surface area contributed by atoms with Crippen molar-refractivity contribution in [1.29, 1.82) is 0 Å². The molecule has 2 aromatic rings. The van der Waals surface area contributed by atoms with Crippen molar-refractivity contribution in [3.63, 3.8) is 0 Å². The molecule has 7 heteroatoms. The first-order valence-electron chi connectivity index (χ1n) is 7.47. The quantitative estimate of drug-likeness (QED) is 0.815. The summed E-state index contributed by atoms with van der Waals surface area (Å²) in [5.74, 6) is 0.00417. The molecule has 1 aromatic heterocycles. The predicted molar refractivity (Wildman–Crippen MR) is 85.7 cm³/mol. The van der Waals surface area contributed by atoms with Crippen LogP contribution in [0.25, 0.3) is 0 Å². The molecule has 0 aliphatic rings. The molecule has 0 unspecified atom stereocenters. The summed E-state index contributed by atoms with van der Waals surface area (Å²) >= 11 is 0. The number of hydrogen-bond acceptors (Lipinski definition) is 6. The molecule has 1 amide bonds. The van der Waals surface area contributed by atoms with Crippen LogP contribution in [0.15, 0.2) is 28.8 Å². The highest BCUT2D eigenvalue weighted by Crippen LogP contribution is 2.17. The van der Waals surface area contributed by atoms with Crippen molar-refractivity contribution >= 4 is 11.9 Å². The summed E-state index contributed by atoms with van der Waals surface area (Å²) in [7, 11) is 1.56. The van der Waals surface area contributed by atoms with Crippen LogP contribution in [0.3, 0.4) is 0 Å². The Kier molecular flexibility index (Phi) is 5.57. The number of esters is 1. The van der Waals surface area contributed by atoms with E-state index >= 15 is 0 Å². The summed E-state index contributed by atoms with van der Waals surface area (Å²) in [6.07, 6.45) is -0.944. The predicted octanol–water partition coefficient (Wildman–Crippen LogP) is 2.16. The summed E-state index contributed by atoms with van der Waals surface area (Å²) in [5.41, 5.74) is 1.51. The molecule has 2 rings (SSSR count). The fourth-order valence-electron chi connectivity index (χ4n) is 2.22. The Morgan fingerprint density at radius 1 is 1.29 bits per heavy atom. The average molecular weight is 332 g/mol. The van der Waals surface area contributed by atoms with Gasteiger partial charge in [0.2, 0.25) is 0 Å². The Hall–Kier alpha value is -2.83. The summed E-state index contributed by atoms with van der Waals surface area (Å²) in [4.78, 5) is 24.2. The lowest BCUT2D eigenvalue weighted by Crippen LogP contribution is -2.35. The van der Waals surface area contributed by atoms with Gasteiger partial charge in [-0.2, -0.15) is 0 Å². The minimum atomic E-state index is -0.944. The van der Waals surface area contributed by atoms with Gasteiger partial charge >= 0.3 is 5.97 Å². The monoisotopic (exact) mass is 332 g/mol. The average Bonchev–Trinajstić information content (AvgIpc) is 2.91. The smallest absolute Gasteiger partial charge is 0.344 e. The maximum absolute atomic E-state index is 12.1. The van der Waals surface area contributed by atoms with E-state index in [1.165, 1.54) is 6.92 Å². The zero-order chi connectivity index (χ0) is 17.7. The standard InChI is InChI=1S/C17H20N2O5/c1-10-15(11(2)24-19-10)17(21)23-12(3)16(20)18-9-13-7-5-6-8-14(13)22-4/h5-8,12H,9H2,1-4H3,(H,18,20)/t12-/m0/s1. The molecule has 128 valence electrons. The first kappa shape index (κ1) is 17.5. The minimum Gasteiger partial charge on any atom is -0.496 e. The number of rotatable bonds is 6. The third-order valence-corrected chi connectivity index (χ3v) is 3.54. The molecule has 1 aromatic carbocycles. The topological polar surface area (TPSA) is 90.7 Å². The maximum atomic E-state index is 12.1. The Morgan fingerprint density at radius 3 is 2.62 bits per heavy atom. The van der Waals surface area contributed by atoms with Crippen LogP contribution in [0.4, 0.5) is 0 Å². The second-order valence-electron chi connectivity index (χ2n) is 5.28. The Labute approximate surface area is 139 Å². The molecule has 0 aliphatic carbocycles. The molecular weight excluding hydrogens is 312 g/mol. The van der Waals surface area contributed by atoms with Crippen LogP contribution >= 0.6 is 0 Å². The molecule has 1 atom stereocenters. The molecule has 0 spiro atoms. The van der Waals surface area contributed by atoms with Gasteiger partial charge in [0, 0.05) is 12.1 Å². The molecule has 24 heavy (non-hydrogen) atoms. The van der Waals surface area contributed by atoms with Crippen LogP contribution in [-0.4, -0.2) is 30.2 Å². The van der Waals surface area contributed by atoms with Crippen molar-refractivity contribution in [2.45, 2.75) is 33.4 Å². The fourth-order valence-corrected chi connectivity index (χ4v) is 2.22. The molecule has 0 bridgehead atoms. The van der Waals surface area contributed by atoms with E-state index in [1.54, 1.807) is 21.0 Å². The minimum absolute atomic E-state index is 0.249. The number of carbonyl (C=O) groups excluding carboxylic acids is 2. The molecular formula is C17H20N2O5. The third kappa shape index (κ3) is 3.92. The van der Waals surface area contributed by atoms with Gasteiger partial charge in [0.15, 0.2) is 6.10 Å². The van der Waals surface area contributed by atoms with E-state index in [-0.39, 0.29) is 12.1 Å². The molecule has 0 aliphatic heterocycles. The van der Waals surface area contributed by atoms with Crippen molar-refractivity contribution in [2.24, 2.45) is 0 Å². The number of amides is 1. The van der Waals surface area contributed by atoms with Gasteiger partial charge in [-0.1, -0.05) is 23.4 Å². The molecule has 1 heterocycles. The van der Waals surface area contributed by atoms with Gasteiger partial charge in [-0.15, -0.1) is 0 Å². The van der Waals surface area contributed by atoms with Gasteiger partial charge < -0.3 is 19.3 Å². The van der Waals surface area contributed by atoms with Gasteiger partial charge in [0.25, 0.3) is 5.91 Å². The van der Waals surface area contributed by atoms with E-state index in [4.69, 9.17) is 14.0 Å². The Morgan fingerprint density at radius 2 is 2.00 bits per heavy atom. The first-order valence-corrected chi connectivity index (χ1v) is 7.47. The van der Waals surface area contributed by atoms with Crippen molar-refractivity contribution in [1.82, 2.24) is 10.5 Å². The Balaban J connectivity index is 1.94. The number of nitrogens with zero attached hydrogens (tertiary/aromatic N) is 1. The number of ether oxygens (including phenoxy) is 2. The number of para-hydroxylation sites is 1. The molecule has 7 nitrogen and oxygen atoms in total. The van der Waals surface area contributed by atoms with Gasteiger partial charge in [-0.3, -0.25) is 4.79 Å². The third-order valence-electron chi connectivity index (χ3n) is 3.54. The van der Waals surface area contributed by atoms with Crippen LogP contribution in [0.1, 0.15) is 34.3 Å². The SMILES string of the molecule is COc1ccccc1CNC(=O)[C@H](C)OC(=O)c1c(C)noc1C. The van der Waals surface area contributed by atoms with Gasteiger partial charge in [-0.05, 0) is 26.8 Å². The number of methoxy groups -OCH3 is 1. The highest BCUT2D eigenvalue weighted by Gasteiger charge is 2.24. The van der Waals surface area contributed by atoms with Crippen molar-refractivity contribution in [2.75, 3.05) is 7.11 Å². The maximum Gasteiger partial charge on any atom is 0.344 e. The first-order chi connectivity index (χ1) is 11.4. The number of aromatic nitrogens is 1. The van der Waals surface area contributed by atoms with Gasteiger partial charge in [0.1, 0.15) is 17.1 Å². The second kappa shape index (κ2) is 7.63. The van der Waals surface area contributed by atoms with Crippen LogP contribution in [-0.2, 0) is 16.1 Å². The molecule has 0 saturated carbocycles. The van der Waals surface area contributed by atoms with E-state index < -0.39 is 18.0 Å². The molecule has 0 saturated heterocycles. The number of aryl methyl sites for hydroxylation is 2. The molecule has 0 radical (unpaired) electrons. The number of nitrogens with one attached hydrogen (secondary N) is 1. The van der Waals surface area contributed by atoms with Crippen LogP contribution in [0.2, 0.25) is 0 Å². The largest absolute Gasteiger partial charge is 0.496 e. The van der Waals surface area contributed by atoms with Gasteiger partial charge in [0.05, 0.1) is 12.8 Å². The second-order valence-corrected chi connectivity index (χ2v) is 5.28.